The summed E-state index contributed by atoms with van der Waals surface area (Å²) in [5, 5.41) is 34.6. The quantitative estimate of drug-likeness (QED) is 0.289. The van der Waals surface area contributed by atoms with Gasteiger partial charge in [0.25, 0.3) is 0 Å². The predicted molar refractivity (Wildman–Crippen MR) is 135 cm³/mol. The number of aliphatic hydroxyl groups excluding tert-OH is 1. The van der Waals surface area contributed by atoms with Crippen molar-refractivity contribution in [2.24, 2.45) is 35.0 Å². The molecule has 4 rings (SSSR count). The minimum Gasteiger partial charge on any atom is -0.454 e. The molecule has 8 atom stereocenters. The van der Waals surface area contributed by atoms with Gasteiger partial charge >= 0.3 is 11.9 Å². The number of aliphatic hydroxyl groups is 3. The Morgan fingerprint density at radius 2 is 1.84 bits per heavy atom. The number of fused-ring (bicyclic) bond motifs is 5. The molecule has 8 nitrogen and oxygen atoms in total. The lowest BCUT2D eigenvalue weighted by atomic mass is 9.59. The normalized spacial score (nSPS) is 42.1. The first-order chi connectivity index (χ1) is 17.0. The van der Waals surface area contributed by atoms with Crippen LogP contribution >= 0.6 is 0 Å². The van der Waals surface area contributed by atoms with Crippen LogP contribution in [-0.4, -0.2) is 62.6 Å². The van der Waals surface area contributed by atoms with Gasteiger partial charge in [-0.2, -0.15) is 0 Å². The number of ketones is 1. The summed E-state index contributed by atoms with van der Waals surface area (Å²) in [6.45, 7) is 13.5. The highest BCUT2D eigenvalue weighted by atomic mass is 16.6. The zero-order chi connectivity index (χ0) is 27.9. The summed E-state index contributed by atoms with van der Waals surface area (Å²) < 4.78 is 12.3. The first-order valence-electron chi connectivity index (χ1n) is 13.1. The summed E-state index contributed by atoms with van der Waals surface area (Å²) in [5.41, 5.74) is -4.51. The van der Waals surface area contributed by atoms with Gasteiger partial charge in [-0.3, -0.25) is 9.59 Å². The number of allylic oxidation sites excluding steroid dienone is 1. The van der Waals surface area contributed by atoms with Gasteiger partial charge in [0, 0.05) is 41.1 Å². The van der Waals surface area contributed by atoms with Crippen molar-refractivity contribution in [3.05, 3.63) is 34.9 Å². The van der Waals surface area contributed by atoms with Crippen molar-refractivity contribution in [1.29, 1.82) is 0 Å². The van der Waals surface area contributed by atoms with Crippen LogP contribution in [0.3, 0.4) is 0 Å². The third-order valence-corrected chi connectivity index (χ3v) is 9.69. The number of carbonyl (C=O) groups excluding carboxylic acids is 3. The largest absolute Gasteiger partial charge is 0.454 e. The molecule has 0 aromatic rings. The molecule has 0 radical (unpaired) electrons. The van der Waals surface area contributed by atoms with Gasteiger partial charge in [-0.1, -0.05) is 52.8 Å². The fourth-order valence-electron chi connectivity index (χ4n) is 7.43. The molecular formula is C29H40O8. The van der Waals surface area contributed by atoms with Gasteiger partial charge in [0.2, 0.25) is 0 Å². The van der Waals surface area contributed by atoms with Gasteiger partial charge in [0.15, 0.2) is 11.4 Å². The highest BCUT2D eigenvalue weighted by Gasteiger charge is 2.88. The average molecular weight is 517 g/mol. The van der Waals surface area contributed by atoms with Crippen molar-refractivity contribution in [1.82, 2.24) is 0 Å². The molecule has 0 heterocycles. The molecule has 4 aliphatic rings. The van der Waals surface area contributed by atoms with E-state index in [2.05, 4.69) is 0 Å². The van der Waals surface area contributed by atoms with E-state index in [1.54, 1.807) is 59.8 Å². The van der Waals surface area contributed by atoms with E-state index in [0.29, 0.717) is 16.7 Å². The van der Waals surface area contributed by atoms with Crippen LogP contribution in [0.15, 0.2) is 34.9 Å². The highest BCUT2D eigenvalue weighted by molar-refractivity contribution is 6.04. The van der Waals surface area contributed by atoms with E-state index < -0.39 is 82.2 Å². The molecule has 0 amide bonds. The molecule has 0 aromatic carbocycles. The molecular weight excluding hydrogens is 476 g/mol. The molecule has 3 N–H and O–H groups in total. The van der Waals surface area contributed by atoms with Crippen molar-refractivity contribution < 1.29 is 39.2 Å². The lowest BCUT2D eigenvalue weighted by molar-refractivity contribution is -0.228. The molecule has 8 unspecified atom stereocenters. The molecule has 8 heteroatoms. The van der Waals surface area contributed by atoms with Gasteiger partial charge < -0.3 is 24.8 Å². The van der Waals surface area contributed by atoms with E-state index in [4.69, 9.17) is 9.47 Å². The minimum absolute atomic E-state index is 0.125. The van der Waals surface area contributed by atoms with Gasteiger partial charge in [-0.05, 0) is 31.9 Å². The van der Waals surface area contributed by atoms with E-state index in [1.807, 2.05) is 13.8 Å². The summed E-state index contributed by atoms with van der Waals surface area (Å²) >= 11 is 0. The van der Waals surface area contributed by atoms with Crippen LogP contribution in [0.1, 0.15) is 61.8 Å². The molecule has 4 aliphatic carbocycles. The van der Waals surface area contributed by atoms with E-state index in [9.17, 15) is 29.7 Å². The standard InChI is InChI=1S/C29H40O8/c1-9-15(4)25(33)36-23-17(6)28(35)19(21-26(7,8)29(21,23)37-24(32)14(2)3)11-18(13-30)12-27(34)20(28)10-16(5)22(27)31/h9-11,14,17,19-21,23,30,34-35H,12-13H2,1-8H3. The maximum Gasteiger partial charge on any atom is 0.333 e. The van der Waals surface area contributed by atoms with Crippen molar-refractivity contribution in [3.63, 3.8) is 0 Å². The number of hydrogen-bond donors (Lipinski definition) is 3. The van der Waals surface area contributed by atoms with Crippen molar-refractivity contribution in [2.75, 3.05) is 6.61 Å². The van der Waals surface area contributed by atoms with Crippen LogP contribution in [-0.2, 0) is 23.9 Å². The Morgan fingerprint density at radius 3 is 2.38 bits per heavy atom. The molecule has 2 saturated carbocycles. The number of ether oxygens (including phenoxy) is 2. The maximum absolute atomic E-state index is 13.2. The Balaban J connectivity index is 1.96. The number of Topliss-reactive ketones (excluding diaryl/α,β-unsaturated/α-hetero) is 1. The van der Waals surface area contributed by atoms with Crippen LogP contribution in [0.25, 0.3) is 0 Å². The molecule has 0 aliphatic heterocycles. The molecule has 37 heavy (non-hydrogen) atoms. The summed E-state index contributed by atoms with van der Waals surface area (Å²) in [6.07, 6.45) is 3.81. The van der Waals surface area contributed by atoms with Gasteiger partial charge in [0.05, 0.1) is 18.1 Å². The Labute approximate surface area is 218 Å². The van der Waals surface area contributed by atoms with Gasteiger partial charge in [-0.25, -0.2) is 4.79 Å². The average Bonchev–Trinajstić information content (AvgIpc) is 3.26. The van der Waals surface area contributed by atoms with Gasteiger partial charge in [0.1, 0.15) is 11.7 Å². The van der Waals surface area contributed by atoms with E-state index in [1.165, 1.54) is 0 Å². The fourth-order valence-corrected chi connectivity index (χ4v) is 7.43. The minimum atomic E-state index is -1.95. The van der Waals surface area contributed by atoms with Crippen LogP contribution in [0.4, 0.5) is 0 Å². The topological polar surface area (TPSA) is 130 Å². The first-order valence-corrected chi connectivity index (χ1v) is 13.1. The maximum atomic E-state index is 13.2. The Hall–Kier alpha value is -2.29. The summed E-state index contributed by atoms with van der Waals surface area (Å²) in [6, 6.07) is 0. The van der Waals surface area contributed by atoms with E-state index >= 15 is 0 Å². The first kappa shape index (κ1) is 27.7. The smallest absolute Gasteiger partial charge is 0.333 e. The van der Waals surface area contributed by atoms with E-state index in [0.717, 1.165) is 0 Å². The third-order valence-electron chi connectivity index (χ3n) is 9.69. The summed E-state index contributed by atoms with van der Waals surface area (Å²) in [4.78, 5) is 39.3. The highest BCUT2D eigenvalue weighted by Crippen LogP contribution is 2.77. The van der Waals surface area contributed by atoms with Crippen LogP contribution in [0.2, 0.25) is 0 Å². The van der Waals surface area contributed by atoms with Crippen LogP contribution in [0, 0.1) is 35.0 Å². The summed E-state index contributed by atoms with van der Waals surface area (Å²) in [7, 11) is 0. The van der Waals surface area contributed by atoms with Crippen molar-refractivity contribution >= 4 is 17.7 Å². The van der Waals surface area contributed by atoms with Crippen LogP contribution in [0.5, 0.6) is 0 Å². The predicted octanol–water partition coefficient (Wildman–Crippen LogP) is 2.65. The van der Waals surface area contributed by atoms with Gasteiger partial charge in [-0.15, -0.1) is 0 Å². The molecule has 0 spiro atoms. The zero-order valence-corrected chi connectivity index (χ0v) is 23.0. The SMILES string of the molecule is CC=C(C)C(=O)OC1C(C)C2(O)C(C=C(CO)CC3(O)C(=O)C(C)=CC32)C2C(C)(C)C12OC(=O)C(C)C. The number of hydrogen-bond acceptors (Lipinski definition) is 8. The summed E-state index contributed by atoms with van der Waals surface area (Å²) in [5.74, 6) is -5.00. The molecule has 0 saturated heterocycles. The monoisotopic (exact) mass is 516 g/mol. The second-order valence-corrected chi connectivity index (χ2v) is 12.3. The number of carbonyl (C=O) groups is 3. The van der Waals surface area contributed by atoms with Crippen molar-refractivity contribution in [2.45, 2.75) is 84.7 Å². The fraction of sp³-hybridized carbons (Fsp3) is 0.690. The zero-order valence-electron chi connectivity index (χ0n) is 23.0. The second kappa shape index (κ2) is 8.61. The van der Waals surface area contributed by atoms with Crippen LogP contribution < -0.4 is 0 Å². The van der Waals surface area contributed by atoms with Crippen molar-refractivity contribution in [3.8, 4) is 0 Å². The Bertz CT molecular complexity index is 1130. The molecule has 2 fully saturated rings. The molecule has 204 valence electrons. The lowest BCUT2D eigenvalue weighted by Gasteiger charge is -2.53. The molecule has 0 aromatic heterocycles. The Morgan fingerprint density at radius 1 is 1.22 bits per heavy atom. The molecule has 0 bridgehead atoms. The number of esters is 2. The third kappa shape index (κ3) is 3.48. The Kier molecular flexibility index (Phi) is 6.46. The van der Waals surface area contributed by atoms with E-state index in [-0.39, 0.29) is 6.42 Å². The second-order valence-electron chi connectivity index (χ2n) is 12.3. The lowest BCUT2D eigenvalue weighted by Crippen LogP contribution is -2.66. The number of rotatable bonds is 5.